The largest absolute Gasteiger partial charge is 0.481 e. The molecular formula is C28H45FO5. The van der Waals surface area contributed by atoms with Gasteiger partial charge in [0.05, 0.1) is 6.10 Å². The molecule has 0 aliphatic heterocycles. The summed E-state index contributed by atoms with van der Waals surface area (Å²) in [6.07, 6.45) is 5.23. The van der Waals surface area contributed by atoms with Gasteiger partial charge in [-0.2, -0.15) is 0 Å². The lowest BCUT2D eigenvalue weighted by Crippen LogP contribution is -2.65. The molecule has 5 nitrogen and oxygen atoms in total. The molecule has 0 spiro atoms. The van der Waals surface area contributed by atoms with Gasteiger partial charge in [-0.25, -0.2) is 4.39 Å². The number of aliphatic hydroxyl groups excluding tert-OH is 1. The van der Waals surface area contributed by atoms with Crippen LogP contribution in [0.15, 0.2) is 0 Å². The van der Waals surface area contributed by atoms with E-state index in [1.807, 2.05) is 6.92 Å². The van der Waals surface area contributed by atoms with Crippen molar-refractivity contribution >= 4 is 11.9 Å². The predicted octanol–water partition coefficient (Wildman–Crippen LogP) is 5.63. The highest BCUT2D eigenvalue weighted by molar-refractivity contribution is 5.66. The Bertz CT molecular complexity index is 787. The van der Waals surface area contributed by atoms with Crippen LogP contribution in [0.4, 0.5) is 4.39 Å². The van der Waals surface area contributed by atoms with E-state index in [1.165, 1.54) is 6.92 Å². The van der Waals surface area contributed by atoms with Crippen molar-refractivity contribution in [1.82, 2.24) is 0 Å². The highest BCUT2D eigenvalue weighted by Gasteiger charge is 2.67. The van der Waals surface area contributed by atoms with E-state index in [0.717, 1.165) is 38.5 Å². The van der Waals surface area contributed by atoms with Crippen molar-refractivity contribution in [2.24, 2.45) is 52.3 Å². The number of aliphatic hydroxyl groups is 1. The summed E-state index contributed by atoms with van der Waals surface area (Å²) < 4.78 is 21.2. The summed E-state index contributed by atoms with van der Waals surface area (Å²) in [6, 6.07) is 0. The Kier molecular flexibility index (Phi) is 7.14. The number of rotatable bonds is 6. The van der Waals surface area contributed by atoms with E-state index in [1.54, 1.807) is 0 Å². The normalized spacial score (nSPS) is 47.6. The number of carbonyl (C=O) groups is 2. The Balaban J connectivity index is 1.68. The van der Waals surface area contributed by atoms with E-state index in [-0.39, 0.29) is 41.0 Å². The highest BCUT2D eigenvalue weighted by Crippen LogP contribution is 2.69. The summed E-state index contributed by atoms with van der Waals surface area (Å²) in [4.78, 5) is 23.0. The fraction of sp³-hybridized carbons (Fsp3) is 0.929. The lowest BCUT2D eigenvalue weighted by Gasteiger charge is -2.65. The number of esters is 1. The standard InChI is InChI=1S/C28H45FO5/c1-15(8-11-22(31)32)18-9-10-19-24-20(12-14-27(18,19)4)28(5)13-6-7-21(29)25(28)23(26(24)33)16(2)34-17(3)30/h15-16,18-21,23-26,33H,6-14H2,1-5H3,(H,31,32)/t15?,16?,18-,19+,20+,21+,23-,24+,25+,26-,27-,28-/m1/s1. The zero-order valence-corrected chi connectivity index (χ0v) is 21.6. The van der Waals surface area contributed by atoms with Gasteiger partial charge < -0.3 is 14.9 Å². The first-order valence-corrected chi connectivity index (χ1v) is 13.6. The second-order valence-electron chi connectivity index (χ2n) is 12.8. The number of carbonyl (C=O) groups excluding carboxylic acids is 1. The van der Waals surface area contributed by atoms with Crippen molar-refractivity contribution in [2.45, 2.75) is 111 Å². The molecule has 6 heteroatoms. The summed E-state index contributed by atoms with van der Waals surface area (Å²) in [5, 5.41) is 21.1. The van der Waals surface area contributed by atoms with E-state index in [2.05, 4.69) is 20.8 Å². The average molecular weight is 481 g/mol. The topological polar surface area (TPSA) is 83.8 Å². The molecule has 0 aromatic carbocycles. The Labute approximate surface area is 204 Å². The van der Waals surface area contributed by atoms with Crippen LogP contribution in [0.5, 0.6) is 0 Å². The molecule has 4 aliphatic carbocycles. The molecule has 0 aromatic heterocycles. The van der Waals surface area contributed by atoms with Gasteiger partial charge in [0.15, 0.2) is 0 Å². The minimum atomic E-state index is -0.974. The van der Waals surface area contributed by atoms with E-state index in [4.69, 9.17) is 4.74 Å². The molecule has 4 saturated carbocycles. The van der Waals surface area contributed by atoms with Gasteiger partial charge in [-0.1, -0.05) is 20.8 Å². The SMILES string of the molecule is CC(=O)OC(C)[C@H]1[C@@H](O)[C@@H]2[C@H](CC[C@]3(C)[C@@H](C(C)CCC(=O)O)CC[C@@H]23)[C@@]2(C)CCC[C@H](F)[C@@H]12. The third-order valence-corrected chi connectivity index (χ3v) is 11.2. The number of hydrogen-bond acceptors (Lipinski definition) is 4. The molecular weight excluding hydrogens is 435 g/mol. The van der Waals surface area contributed by atoms with Gasteiger partial charge in [0, 0.05) is 25.2 Å². The van der Waals surface area contributed by atoms with Crippen LogP contribution < -0.4 is 0 Å². The molecule has 12 atom stereocenters. The number of fused-ring (bicyclic) bond motifs is 5. The van der Waals surface area contributed by atoms with Crippen LogP contribution in [0.3, 0.4) is 0 Å². The van der Waals surface area contributed by atoms with Crippen molar-refractivity contribution in [3.8, 4) is 0 Å². The molecule has 194 valence electrons. The maximum absolute atomic E-state index is 15.6. The maximum Gasteiger partial charge on any atom is 0.303 e. The van der Waals surface area contributed by atoms with Gasteiger partial charge in [-0.3, -0.25) is 9.59 Å². The minimum absolute atomic E-state index is 0.0578. The average Bonchev–Trinajstić information content (AvgIpc) is 3.09. The Morgan fingerprint density at radius 3 is 2.38 bits per heavy atom. The predicted molar refractivity (Wildman–Crippen MR) is 128 cm³/mol. The van der Waals surface area contributed by atoms with E-state index < -0.39 is 30.3 Å². The lowest BCUT2D eigenvalue weighted by molar-refractivity contribution is -0.228. The summed E-state index contributed by atoms with van der Waals surface area (Å²) >= 11 is 0. The van der Waals surface area contributed by atoms with Crippen LogP contribution >= 0.6 is 0 Å². The zero-order valence-electron chi connectivity index (χ0n) is 21.6. The molecule has 0 amide bonds. The number of halogens is 1. The monoisotopic (exact) mass is 480 g/mol. The third-order valence-electron chi connectivity index (χ3n) is 11.2. The van der Waals surface area contributed by atoms with E-state index in [9.17, 15) is 19.8 Å². The number of alkyl halides is 1. The number of carboxylic acid groups (broad SMARTS) is 1. The van der Waals surface area contributed by atoms with Gasteiger partial charge in [-0.05, 0) is 98.7 Å². The van der Waals surface area contributed by atoms with Gasteiger partial charge >= 0.3 is 11.9 Å². The minimum Gasteiger partial charge on any atom is -0.481 e. The number of carboxylic acids is 1. The van der Waals surface area contributed by atoms with Crippen molar-refractivity contribution in [3.05, 3.63) is 0 Å². The zero-order chi connectivity index (χ0) is 25.0. The molecule has 0 heterocycles. The lowest BCUT2D eigenvalue weighted by atomic mass is 9.41. The van der Waals surface area contributed by atoms with Crippen LogP contribution in [0.25, 0.3) is 0 Å². The summed E-state index contributed by atoms with van der Waals surface area (Å²) in [5.41, 5.74) is -0.142. The molecule has 4 rings (SSSR count). The first-order valence-electron chi connectivity index (χ1n) is 13.6. The number of hydrogen-bond donors (Lipinski definition) is 2. The molecule has 34 heavy (non-hydrogen) atoms. The first-order chi connectivity index (χ1) is 15.9. The molecule has 4 fully saturated rings. The van der Waals surface area contributed by atoms with Gasteiger partial charge in [0.1, 0.15) is 12.3 Å². The maximum atomic E-state index is 15.6. The molecule has 2 N–H and O–H groups in total. The van der Waals surface area contributed by atoms with Crippen molar-refractivity contribution in [2.75, 3.05) is 0 Å². The molecule has 0 bridgehead atoms. The summed E-state index contributed by atoms with van der Waals surface area (Å²) in [6.45, 7) is 10.0. The quantitative estimate of drug-likeness (QED) is 0.481. The molecule has 0 radical (unpaired) electrons. The molecule has 0 saturated heterocycles. The second-order valence-corrected chi connectivity index (χ2v) is 12.8. The molecule has 2 unspecified atom stereocenters. The fourth-order valence-corrected chi connectivity index (χ4v) is 9.90. The van der Waals surface area contributed by atoms with Gasteiger partial charge in [-0.15, -0.1) is 0 Å². The highest BCUT2D eigenvalue weighted by atomic mass is 19.1. The first kappa shape index (κ1) is 25.9. The summed E-state index contributed by atoms with van der Waals surface area (Å²) in [7, 11) is 0. The van der Waals surface area contributed by atoms with Gasteiger partial charge in [0.25, 0.3) is 0 Å². The number of aliphatic carboxylic acids is 1. The third kappa shape index (κ3) is 4.10. The molecule has 4 aliphatic rings. The second kappa shape index (κ2) is 9.37. The molecule has 0 aromatic rings. The number of ether oxygens (including phenoxy) is 1. The van der Waals surface area contributed by atoms with E-state index in [0.29, 0.717) is 30.6 Å². The van der Waals surface area contributed by atoms with Crippen LogP contribution in [-0.2, 0) is 14.3 Å². The van der Waals surface area contributed by atoms with Crippen LogP contribution in [0.2, 0.25) is 0 Å². The van der Waals surface area contributed by atoms with Crippen LogP contribution in [0.1, 0.15) is 92.4 Å². The fourth-order valence-electron chi connectivity index (χ4n) is 9.90. The smallest absolute Gasteiger partial charge is 0.303 e. The van der Waals surface area contributed by atoms with Crippen molar-refractivity contribution in [3.63, 3.8) is 0 Å². The van der Waals surface area contributed by atoms with E-state index >= 15 is 4.39 Å². The van der Waals surface area contributed by atoms with Crippen LogP contribution in [-0.4, -0.2) is 40.5 Å². The van der Waals surface area contributed by atoms with Gasteiger partial charge in [0.2, 0.25) is 0 Å². The Morgan fingerprint density at radius 2 is 1.74 bits per heavy atom. The Hall–Kier alpha value is -1.17. The van der Waals surface area contributed by atoms with Crippen LogP contribution in [0, 0.1) is 52.3 Å². The van der Waals surface area contributed by atoms with Crippen molar-refractivity contribution in [1.29, 1.82) is 0 Å². The summed E-state index contributed by atoms with van der Waals surface area (Å²) in [5.74, 6) is -0.341. The Morgan fingerprint density at radius 1 is 1.06 bits per heavy atom. The van der Waals surface area contributed by atoms with Crippen molar-refractivity contribution < 1.29 is 28.9 Å².